The molecule has 5 nitrogen and oxygen atoms in total. The van der Waals surface area contributed by atoms with E-state index in [1.54, 1.807) is 36.2 Å². The molecule has 1 aliphatic heterocycles. The van der Waals surface area contributed by atoms with Gasteiger partial charge in [-0.15, -0.1) is 0 Å². The second-order valence-corrected chi connectivity index (χ2v) is 7.15. The van der Waals surface area contributed by atoms with Crippen LogP contribution in [-0.2, 0) is 4.79 Å². The van der Waals surface area contributed by atoms with E-state index in [1.165, 1.54) is 17.0 Å². The molecule has 0 fully saturated rings. The van der Waals surface area contributed by atoms with Gasteiger partial charge in [-0.3, -0.25) is 19.3 Å². The lowest BCUT2D eigenvalue weighted by atomic mass is 10.1. The summed E-state index contributed by atoms with van der Waals surface area (Å²) < 4.78 is 13.1. The molecule has 3 rings (SSSR count). The van der Waals surface area contributed by atoms with Gasteiger partial charge in [0.2, 0.25) is 5.91 Å². The number of halogens is 1. The summed E-state index contributed by atoms with van der Waals surface area (Å²) in [6, 6.07) is 11.1. The number of hydrogen-bond acceptors (Lipinski definition) is 3. The number of carbonyl (C=O) groups excluding carboxylic acids is 3. The second kappa shape index (κ2) is 7.92. The molecule has 0 bridgehead atoms. The molecular formula is C22H23FN2O3. The van der Waals surface area contributed by atoms with Crippen LogP contribution in [0.25, 0.3) is 0 Å². The number of aryl methyl sites for hydroxylation is 1. The SMILES string of the molecule is Cc1ccc2c(c1)C(=O)N(CCCC(=O)N(C)C(C)c1ccc(F)cc1)C2=O. The van der Waals surface area contributed by atoms with Crippen LogP contribution in [0.5, 0.6) is 0 Å². The molecule has 1 unspecified atom stereocenters. The Morgan fingerprint density at radius 1 is 1.07 bits per heavy atom. The molecule has 1 aliphatic rings. The van der Waals surface area contributed by atoms with Gasteiger partial charge in [-0.1, -0.05) is 23.8 Å². The van der Waals surface area contributed by atoms with Gasteiger partial charge in [-0.05, 0) is 50.1 Å². The summed E-state index contributed by atoms with van der Waals surface area (Å²) in [5.74, 6) is -1.02. The Hall–Kier alpha value is -3.02. The molecule has 28 heavy (non-hydrogen) atoms. The number of amides is 3. The first-order valence-electron chi connectivity index (χ1n) is 9.27. The largest absolute Gasteiger partial charge is 0.339 e. The molecular weight excluding hydrogens is 359 g/mol. The third-order valence-electron chi connectivity index (χ3n) is 5.23. The van der Waals surface area contributed by atoms with Gasteiger partial charge in [0.05, 0.1) is 17.2 Å². The van der Waals surface area contributed by atoms with Crippen molar-refractivity contribution in [2.24, 2.45) is 0 Å². The molecule has 1 atom stereocenters. The summed E-state index contributed by atoms with van der Waals surface area (Å²) in [7, 11) is 1.70. The van der Waals surface area contributed by atoms with Crippen LogP contribution < -0.4 is 0 Å². The fourth-order valence-electron chi connectivity index (χ4n) is 3.35. The molecule has 0 aromatic heterocycles. The first-order valence-corrected chi connectivity index (χ1v) is 9.27. The third kappa shape index (κ3) is 3.81. The molecule has 0 spiro atoms. The van der Waals surface area contributed by atoms with Gasteiger partial charge < -0.3 is 4.90 Å². The summed E-state index contributed by atoms with van der Waals surface area (Å²) >= 11 is 0. The maximum Gasteiger partial charge on any atom is 0.261 e. The predicted molar refractivity (Wildman–Crippen MR) is 103 cm³/mol. The summed E-state index contributed by atoms with van der Waals surface area (Å²) in [6.45, 7) is 3.95. The highest BCUT2D eigenvalue weighted by Gasteiger charge is 2.35. The standard InChI is InChI=1S/C22H23FN2O3/c1-14-6-11-18-19(13-14)22(28)25(21(18)27)12-4-5-20(26)24(3)15(2)16-7-9-17(23)10-8-16/h6-11,13,15H,4-5,12H2,1-3H3. The van der Waals surface area contributed by atoms with Gasteiger partial charge in [0, 0.05) is 20.0 Å². The Balaban J connectivity index is 1.56. The Bertz CT molecular complexity index is 924. The molecule has 2 aromatic rings. The Labute approximate surface area is 163 Å². The van der Waals surface area contributed by atoms with E-state index in [9.17, 15) is 18.8 Å². The minimum Gasteiger partial charge on any atom is -0.339 e. The molecule has 0 aliphatic carbocycles. The van der Waals surface area contributed by atoms with Crippen molar-refractivity contribution >= 4 is 17.7 Å². The predicted octanol–water partition coefficient (Wildman–Crippen LogP) is 3.73. The number of benzene rings is 2. The average Bonchev–Trinajstić information content (AvgIpc) is 2.91. The fraction of sp³-hybridized carbons (Fsp3) is 0.318. The number of rotatable bonds is 6. The topological polar surface area (TPSA) is 57.7 Å². The summed E-state index contributed by atoms with van der Waals surface area (Å²) in [4.78, 5) is 40.2. The summed E-state index contributed by atoms with van der Waals surface area (Å²) in [5.41, 5.74) is 2.61. The molecule has 146 valence electrons. The van der Waals surface area contributed by atoms with Gasteiger partial charge in [0.1, 0.15) is 5.82 Å². The minimum absolute atomic E-state index is 0.0933. The highest BCUT2D eigenvalue weighted by atomic mass is 19.1. The number of hydrogen-bond donors (Lipinski definition) is 0. The number of imide groups is 1. The first kappa shape index (κ1) is 19.7. The molecule has 6 heteroatoms. The van der Waals surface area contributed by atoms with Crippen LogP contribution in [0, 0.1) is 12.7 Å². The van der Waals surface area contributed by atoms with E-state index in [2.05, 4.69) is 0 Å². The van der Waals surface area contributed by atoms with E-state index in [-0.39, 0.29) is 42.5 Å². The first-order chi connectivity index (χ1) is 13.3. The van der Waals surface area contributed by atoms with E-state index >= 15 is 0 Å². The minimum atomic E-state index is -0.318. The maximum absolute atomic E-state index is 13.1. The van der Waals surface area contributed by atoms with Crippen LogP contribution in [0.4, 0.5) is 4.39 Å². The van der Waals surface area contributed by atoms with Gasteiger partial charge in [0.15, 0.2) is 0 Å². The molecule has 0 radical (unpaired) electrons. The number of nitrogens with zero attached hydrogens (tertiary/aromatic N) is 2. The van der Waals surface area contributed by atoms with Gasteiger partial charge in [-0.2, -0.15) is 0 Å². The Morgan fingerprint density at radius 3 is 2.39 bits per heavy atom. The maximum atomic E-state index is 13.1. The Morgan fingerprint density at radius 2 is 1.71 bits per heavy atom. The molecule has 1 heterocycles. The van der Waals surface area contributed by atoms with Gasteiger partial charge in [-0.25, -0.2) is 4.39 Å². The second-order valence-electron chi connectivity index (χ2n) is 7.15. The van der Waals surface area contributed by atoms with E-state index in [4.69, 9.17) is 0 Å². The van der Waals surface area contributed by atoms with Crippen molar-refractivity contribution in [3.63, 3.8) is 0 Å². The Kier molecular flexibility index (Phi) is 5.58. The van der Waals surface area contributed by atoms with E-state index in [1.807, 2.05) is 19.9 Å². The smallest absolute Gasteiger partial charge is 0.261 e. The van der Waals surface area contributed by atoms with Crippen LogP contribution >= 0.6 is 0 Å². The van der Waals surface area contributed by atoms with Crippen molar-refractivity contribution in [3.8, 4) is 0 Å². The average molecular weight is 382 g/mol. The van der Waals surface area contributed by atoms with E-state index < -0.39 is 0 Å². The van der Waals surface area contributed by atoms with Crippen molar-refractivity contribution in [2.75, 3.05) is 13.6 Å². The van der Waals surface area contributed by atoms with Crippen LogP contribution in [-0.4, -0.2) is 41.1 Å². The lowest BCUT2D eigenvalue weighted by molar-refractivity contribution is -0.132. The van der Waals surface area contributed by atoms with E-state index in [0.717, 1.165) is 11.1 Å². The van der Waals surface area contributed by atoms with Crippen LogP contribution in [0.2, 0.25) is 0 Å². The lowest BCUT2D eigenvalue weighted by Gasteiger charge is -2.25. The zero-order valence-corrected chi connectivity index (χ0v) is 16.2. The molecule has 0 N–H and O–H groups in total. The van der Waals surface area contributed by atoms with Crippen LogP contribution in [0.1, 0.15) is 57.7 Å². The van der Waals surface area contributed by atoms with Crippen molar-refractivity contribution in [1.29, 1.82) is 0 Å². The van der Waals surface area contributed by atoms with Crippen molar-refractivity contribution < 1.29 is 18.8 Å². The zero-order chi connectivity index (χ0) is 20.4. The van der Waals surface area contributed by atoms with Crippen molar-refractivity contribution in [3.05, 3.63) is 70.5 Å². The van der Waals surface area contributed by atoms with Crippen LogP contribution in [0.15, 0.2) is 42.5 Å². The van der Waals surface area contributed by atoms with E-state index in [0.29, 0.717) is 17.5 Å². The monoisotopic (exact) mass is 382 g/mol. The van der Waals surface area contributed by atoms with Gasteiger partial charge in [0.25, 0.3) is 11.8 Å². The lowest BCUT2D eigenvalue weighted by Crippen LogP contribution is -2.33. The normalized spacial score (nSPS) is 14.2. The number of fused-ring (bicyclic) bond motifs is 1. The molecule has 0 saturated carbocycles. The quantitative estimate of drug-likeness (QED) is 0.716. The van der Waals surface area contributed by atoms with Crippen LogP contribution in [0.3, 0.4) is 0 Å². The van der Waals surface area contributed by atoms with Gasteiger partial charge >= 0.3 is 0 Å². The molecule has 0 saturated heterocycles. The molecule has 2 aromatic carbocycles. The zero-order valence-electron chi connectivity index (χ0n) is 16.2. The third-order valence-corrected chi connectivity index (χ3v) is 5.23. The van der Waals surface area contributed by atoms with Crippen molar-refractivity contribution in [2.45, 2.75) is 32.7 Å². The summed E-state index contributed by atoms with van der Waals surface area (Å²) in [5, 5.41) is 0. The molecule has 3 amide bonds. The fourth-order valence-corrected chi connectivity index (χ4v) is 3.35. The summed E-state index contributed by atoms with van der Waals surface area (Å²) in [6.07, 6.45) is 0.609. The highest BCUT2D eigenvalue weighted by molar-refractivity contribution is 6.21. The highest BCUT2D eigenvalue weighted by Crippen LogP contribution is 2.25. The number of carbonyl (C=O) groups is 3. The van der Waals surface area contributed by atoms with Crippen molar-refractivity contribution in [1.82, 2.24) is 9.80 Å².